The van der Waals surface area contributed by atoms with Crippen molar-refractivity contribution in [3.8, 4) is 0 Å². The number of rotatable bonds is 4. The van der Waals surface area contributed by atoms with Gasteiger partial charge in [0.15, 0.2) is 11.9 Å². The minimum Gasteiger partial charge on any atom is -0.452 e. The van der Waals surface area contributed by atoms with Crippen molar-refractivity contribution in [2.45, 2.75) is 45.1 Å². The number of aromatic nitrogens is 1. The van der Waals surface area contributed by atoms with Crippen molar-refractivity contribution in [1.82, 2.24) is 4.98 Å². The maximum Gasteiger partial charge on any atom is 0.310 e. The van der Waals surface area contributed by atoms with Gasteiger partial charge >= 0.3 is 5.97 Å². The Kier molecular flexibility index (Phi) is 4.86. The minimum absolute atomic E-state index is 0.0460. The largest absolute Gasteiger partial charge is 0.452 e. The van der Waals surface area contributed by atoms with Crippen LogP contribution in [0.15, 0.2) is 12.3 Å². The number of hydrogen-bond acceptors (Lipinski definition) is 4. The van der Waals surface area contributed by atoms with E-state index in [-0.39, 0.29) is 22.7 Å². The number of amides is 1. The molecule has 0 saturated heterocycles. The first-order chi connectivity index (χ1) is 12.4. The van der Waals surface area contributed by atoms with Gasteiger partial charge in [0, 0.05) is 6.20 Å². The molecule has 5 rings (SSSR count). The molecule has 26 heavy (non-hydrogen) atoms. The summed E-state index contributed by atoms with van der Waals surface area (Å²) in [6, 6.07) is 1.50. The van der Waals surface area contributed by atoms with E-state index in [1.165, 1.54) is 18.7 Å². The lowest BCUT2D eigenvalue weighted by Crippen LogP contribution is -2.49. The molecule has 1 aromatic heterocycles. The van der Waals surface area contributed by atoms with Crippen molar-refractivity contribution in [3.63, 3.8) is 0 Å². The summed E-state index contributed by atoms with van der Waals surface area (Å²) >= 11 is 11.8. The number of carbonyl (C=O) groups excluding carboxylic acids is 2. The number of hydrogen-bond donors (Lipinski definition) is 1. The van der Waals surface area contributed by atoms with Gasteiger partial charge in [0.05, 0.1) is 16.0 Å². The Balaban J connectivity index is 1.37. The van der Waals surface area contributed by atoms with Gasteiger partial charge in [-0.3, -0.25) is 9.59 Å². The van der Waals surface area contributed by atoms with Crippen LogP contribution in [0.3, 0.4) is 0 Å². The van der Waals surface area contributed by atoms with Crippen LogP contribution in [0.1, 0.15) is 39.0 Å². The monoisotopic (exact) mass is 396 g/mol. The molecule has 0 unspecified atom stereocenters. The van der Waals surface area contributed by atoms with Crippen LogP contribution in [0.2, 0.25) is 10.0 Å². The average Bonchev–Trinajstić information content (AvgIpc) is 2.56. The summed E-state index contributed by atoms with van der Waals surface area (Å²) in [6.07, 6.45) is 6.38. The molecular weight excluding hydrogens is 375 g/mol. The fourth-order valence-corrected chi connectivity index (χ4v) is 5.77. The smallest absolute Gasteiger partial charge is 0.310 e. The van der Waals surface area contributed by atoms with Crippen LogP contribution in [0.5, 0.6) is 0 Å². The van der Waals surface area contributed by atoms with E-state index >= 15 is 0 Å². The standard InChI is InChI=1S/C19H22Cl2N2O3/c1-9(18(24)23-17-15(21)7-14(20)8-22-17)26-19(25)16-12-3-10-2-11(5-12)6-13(16)4-10/h7-13,16H,2-6H2,1H3,(H,22,23,24)/t9-,10?,11?,12?,13?,16?/m1/s1. The Morgan fingerprint density at radius 2 is 1.77 bits per heavy atom. The van der Waals surface area contributed by atoms with Gasteiger partial charge in [-0.15, -0.1) is 0 Å². The van der Waals surface area contributed by atoms with Crippen molar-refractivity contribution in [2.75, 3.05) is 5.32 Å². The molecule has 0 spiro atoms. The maximum absolute atomic E-state index is 12.8. The van der Waals surface area contributed by atoms with Crippen molar-refractivity contribution in [3.05, 3.63) is 22.3 Å². The van der Waals surface area contributed by atoms with Gasteiger partial charge in [0.2, 0.25) is 0 Å². The molecule has 1 amide bonds. The Hall–Kier alpha value is -1.33. The maximum atomic E-state index is 12.8. The van der Waals surface area contributed by atoms with Crippen LogP contribution in [0, 0.1) is 29.6 Å². The molecular formula is C19H22Cl2N2O3. The highest BCUT2D eigenvalue weighted by molar-refractivity contribution is 6.36. The molecule has 1 atom stereocenters. The number of pyridine rings is 1. The molecule has 4 saturated carbocycles. The number of ether oxygens (including phenoxy) is 1. The van der Waals surface area contributed by atoms with Crippen molar-refractivity contribution >= 4 is 40.9 Å². The van der Waals surface area contributed by atoms with Crippen LogP contribution >= 0.6 is 23.2 Å². The highest BCUT2D eigenvalue weighted by Crippen LogP contribution is 2.56. The van der Waals surface area contributed by atoms with Gasteiger partial charge in [0.25, 0.3) is 5.91 Å². The third kappa shape index (κ3) is 3.44. The first-order valence-electron chi connectivity index (χ1n) is 9.23. The fourth-order valence-electron chi connectivity index (χ4n) is 5.34. The van der Waals surface area contributed by atoms with Gasteiger partial charge in [0.1, 0.15) is 0 Å². The minimum atomic E-state index is -0.895. The van der Waals surface area contributed by atoms with Crippen LogP contribution in [0.25, 0.3) is 0 Å². The second kappa shape index (κ2) is 7.01. The number of nitrogens with one attached hydrogen (secondary N) is 1. The molecule has 5 nitrogen and oxygen atoms in total. The molecule has 0 aromatic carbocycles. The van der Waals surface area contributed by atoms with Crippen LogP contribution < -0.4 is 5.32 Å². The summed E-state index contributed by atoms with van der Waals surface area (Å²) in [5.41, 5.74) is 0. The van der Waals surface area contributed by atoms with Crippen molar-refractivity contribution in [1.29, 1.82) is 0 Å². The molecule has 4 bridgehead atoms. The van der Waals surface area contributed by atoms with Gasteiger partial charge < -0.3 is 10.1 Å². The lowest BCUT2D eigenvalue weighted by molar-refractivity contribution is -0.169. The van der Waals surface area contributed by atoms with E-state index in [1.54, 1.807) is 6.92 Å². The zero-order valence-corrected chi connectivity index (χ0v) is 16.1. The molecule has 140 valence electrons. The lowest BCUT2D eigenvalue weighted by atomic mass is 9.52. The van der Waals surface area contributed by atoms with E-state index in [0.29, 0.717) is 16.9 Å². The lowest BCUT2D eigenvalue weighted by Gasteiger charge is -2.53. The zero-order valence-electron chi connectivity index (χ0n) is 14.6. The normalized spacial score (nSPS) is 33.0. The Labute approximate surface area is 162 Å². The van der Waals surface area contributed by atoms with Crippen LogP contribution in [-0.2, 0) is 14.3 Å². The molecule has 4 fully saturated rings. The summed E-state index contributed by atoms with van der Waals surface area (Å²) in [7, 11) is 0. The van der Waals surface area contributed by atoms with E-state index in [9.17, 15) is 9.59 Å². The topological polar surface area (TPSA) is 68.3 Å². The van der Waals surface area contributed by atoms with Crippen molar-refractivity contribution in [2.24, 2.45) is 29.6 Å². The summed E-state index contributed by atoms with van der Waals surface area (Å²) in [6.45, 7) is 1.58. The molecule has 0 aliphatic heterocycles. The van der Waals surface area contributed by atoms with Gasteiger partial charge in [-0.1, -0.05) is 23.2 Å². The molecule has 1 aromatic rings. The predicted octanol–water partition coefficient (Wildman–Crippen LogP) is 4.33. The summed E-state index contributed by atoms with van der Waals surface area (Å²) < 4.78 is 5.53. The van der Waals surface area contributed by atoms with E-state index < -0.39 is 12.0 Å². The van der Waals surface area contributed by atoms with Gasteiger partial charge in [-0.2, -0.15) is 0 Å². The molecule has 1 heterocycles. The Bertz CT molecular complexity index is 711. The molecule has 4 aliphatic carbocycles. The first-order valence-corrected chi connectivity index (χ1v) is 9.98. The second-order valence-electron chi connectivity index (χ2n) is 8.01. The van der Waals surface area contributed by atoms with Crippen molar-refractivity contribution < 1.29 is 14.3 Å². The Morgan fingerprint density at radius 1 is 1.15 bits per heavy atom. The van der Waals surface area contributed by atoms with E-state index in [4.69, 9.17) is 27.9 Å². The van der Waals surface area contributed by atoms with E-state index in [1.807, 2.05) is 0 Å². The highest BCUT2D eigenvalue weighted by atomic mass is 35.5. The quantitative estimate of drug-likeness (QED) is 0.768. The van der Waals surface area contributed by atoms with Crippen LogP contribution in [-0.4, -0.2) is 23.0 Å². The molecule has 0 radical (unpaired) electrons. The second-order valence-corrected chi connectivity index (χ2v) is 8.85. The molecule has 4 aliphatic rings. The zero-order chi connectivity index (χ0) is 18.4. The highest BCUT2D eigenvalue weighted by Gasteiger charge is 2.51. The number of halogens is 2. The molecule has 1 N–H and O–H groups in total. The molecule has 7 heteroatoms. The third-order valence-electron chi connectivity index (χ3n) is 6.21. The summed E-state index contributed by atoms with van der Waals surface area (Å²) in [4.78, 5) is 29.1. The van der Waals surface area contributed by atoms with Crippen LogP contribution in [0.4, 0.5) is 5.82 Å². The number of esters is 1. The summed E-state index contributed by atoms with van der Waals surface area (Å²) in [5, 5.41) is 3.22. The van der Waals surface area contributed by atoms with E-state index in [0.717, 1.165) is 37.5 Å². The van der Waals surface area contributed by atoms with E-state index in [2.05, 4.69) is 10.3 Å². The predicted molar refractivity (Wildman–Crippen MR) is 99.0 cm³/mol. The fraction of sp³-hybridized carbons (Fsp3) is 0.632. The number of nitrogens with zero attached hydrogens (tertiary/aromatic N) is 1. The van der Waals surface area contributed by atoms with Gasteiger partial charge in [-0.25, -0.2) is 4.98 Å². The first kappa shape index (κ1) is 18.1. The number of anilines is 1. The summed E-state index contributed by atoms with van der Waals surface area (Å²) in [5.74, 6) is 1.94. The Morgan fingerprint density at radius 3 is 2.35 bits per heavy atom. The SMILES string of the molecule is C[C@@H](OC(=O)C1C2CC3CC(C2)CC1C3)C(=O)Nc1ncc(Cl)cc1Cl. The average molecular weight is 397 g/mol. The number of carbonyl (C=O) groups is 2. The third-order valence-corrected chi connectivity index (χ3v) is 6.71. The van der Waals surface area contributed by atoms with Gasteiger partial charge in [-0.05, 0) is 68.8 Å².